The molecule has 0 spiro atoms. The van der Waals surface area contributed by atoms with E-state index in [1.807, 2.05) is 0 Å². The molecule has 2 nitrogen and oxygen atoms in total. The number of carbonyl (C=O) groups is 1. The second-order valence-electron chi connectivity index (χ2n) is 5.17. The first-order valence-electron chi connectivity index (χ1n) is 6.68. The Kier molecular flexibility index (Phi) is 4.17. The predicted molar refractivity (Wildman–Crippen MR) is 68.3 cm³/mol. The lowest BCUT2D eigenvalue weighted by Crippen LogP contribution is -2.45. The van der Waals surface area contributed by atoms with Crippen LogP contribution in [0.4, 0.5) is 8.78 Å². The van der Waals surface area contributed by atoms with Gasteiger partial charge in [-0.2, -0.15) is 0 Å². The molecule has 1 N–H and O–H groups in total. The van der Waals surface area contributed by atoms with Crippen molar-refractivity contribution in [3.05, 3.63) is 35.9 Å². The Hall–Kier alpha value is -1.45. The molecule has 1 aromatic rings. The molecule has 1 saturated carbocycles. The average molecular weight is 268 g/mol. The Labute approximate surface area is 111 Å². The van der Waals surface area contributed by atoms with Crippen molar-refractivity contribution in [1.29, 1.82) is 0 Å². The molecule has 104 valence electrons. The number of halogens is 2. The minimum Gasteiger partial charge on any atom is -0.479 e. The highest BCUT2D eigenvalue weighted by molar-refractivity contribution is 5.74. The summed E-state index contributed by atoms with van der Waals surface area (Å²) in [6.45, 7) is 0. The van der Waals surface area contributed by atoms with Crippen molar-refractivity contribution in [2.24, 2.45) is 5.92 Å². The van der Waals surface area contributed by atoms with Crippen LogP contribution in [0.25, 0.3) is 0 Å². The fourth-order valence-corrected chi connectivity index (χ4v) is 2.98. The summed E-state index contributed by atoms with van der Waals surface area (Å²) in [6.07, 6.45) is 1.23. The number of benzene rings is 1. The molecule has 1 aliphatic rings. The molecule has 0 aliphatic heterocycles. The largest absolute Gasteiger partial charge is 0.479 e. The highest BCUT2D eigenvalue weighted by Gasteiger charge is 2.51. The number of aliphatic carboxylic acids is 1. The molecular formula is C15H18F2O2. The monoisotopic (exact) mass is 268 g/mol. The molecule has 2 rings (SSSR count). The van der Waals surface area contributed by atoms with Crippen LogP contribution in [0.5, 0.6) is 0 Å². The number of rotatable bonds is 4. The van der Waals surface area contributed by atoms with E-state index in [-0.39, 0.29) is 5.56 Å². The van der Waals surface area contributed by atoms with E-state index in [1.54, 1.807) is 18.2 Å². The summed E-state index contributed by atoms with van der Waals surface area (Å²) >= 11 is 0. The van der Waals surface area contributed by atoms with E-state index in [4.69, 9.17) is 5.11 Å². The number of hydrogen-bond donors (Lipinski definition) is 1. The van der Waals surface area contributed by atoms with Gasteiger partial charge < -0.3 is 5.11 Å². The molecule has 1 fully saturated rings. The second-order valence-corrected chi connectivity index (χ2v) is 5.17. The summed E-state index contributed by atoms with van der Waals surface area (Å²) in [6, 6.07) is 7.88. The van der Waals surface area contributed by atoms with Crippen LogP contribution in [0.15, 0.2) is 30.3 Å². The van der Waals surface area contributed by atoms with E-state index in [0.29, 0.717) is 12.8 Å². The smallest absolute Gasteiger partial charge is 0.342 e. The minimum absolute atomic E-state index is 0.136. The van der Waals surface area contributed by atoms with E-state index >= 15 is 4.39 Å². The maximum Gasteiger partial charge on any atom is 0.342 e. The maximum atomic E-state index is 15.3. The van der Waals surface area contributed by atoms with Crippen molar-refractivity contribution in [3.8, 4) is 0 Å². The zero-order chi connectivity index (χ0) is 13.9. The molecule has 2 unspecified atom stereocenters. The second kappa shape index (κ2) is 5.68. The third-order valence-corrected chi connectivity index (χ3v) is 4.00. The molecule has 4 heteroatoms. The quantitative estimate of drug-likeness (QED) is 0.900. The SMILES string of the molecule is O=C(O)C(F)C(F)(c1ccccc1)C1CCCCC1. The van der Waals surface area contributed by atoms with Crippen LogP contribution < -0.4 is 0 Å². The van der Waals surface area contributed by atoms with Crippen molar-refractivity contribution in [3.63, 3.8) is 0 Å². The van der Waals surface area contributed by atoms with Crippen LogP contribution in [-0.4, -0.2) is 17.2 Å². The van der Waals surface area contributed by atoms with Crippen LogP contribution in [0.1, 0.15) is 37.7 Å². The van der Waals surface area contributed by atoms with Gasteiger partial charge in [0.2, 0.25) is 6.17 Å². The van der Waals surface area contributed by atoms with Gasteiger partial charge in [0.15, 0.2) is 5.67 Å². The third-order valence-electron chi connectivity index (χ3n) is 4.00. The maximum absolute atomic E-state index is 15.3. The normalized spacial score (nSPS) is 21.6. The molecule has 1 aromatic carbocycles. The number of alkyl halides is 2. The van der Waals surface area contributed by atoms with Gasteiger partial charge in [0.05, 0.1) is 0 Å². The van der Waals surface area contributed by atoms with Crippen molar-refractivity contribution in [1.82, 2.24) is 0 Å². The summed E-state index contributed by atoms with van der Waals surface area (Å²) < 4.78 is 29.4. The van der Waals surface area contributed by atoms with Crippen LogP contribution in [-0.2, 0) is 10.5 Å². The third kappa shape index (κ3) is 2.62. The fourth-order valence-electron chi connectivity index (χ4n) is 2.98. The van der Waals surface area contributed by atoms with Gasteiger partial charge in [0, 0.05) is 5.92 Å². The lowest BCUT2D eigenvalue weighted by Gasteiger charge is -2.37. The topological polar surface area (TPSA) is 37.3 Å². The molecule has 0 heterocycles. The zero-order valence-corrected chi connectivity index (χ0v) is 10.7. The molecule has 0 bridgehead atoms. The molecule has 1 aliphatic carbocycles. The van der Waals surface area contributed by atoms with Crippen molar-refractivity contribution in [2.75, 3.05) is 0 Å². The van der Waals surface area contributed by atoms with Crippen molar-refractivity contribution in [2.45, 2.75) is 43.9 Å². The summed E-state index contributed by atoms with van der Waals surface area (Å²) in [4.78, 5) is 10.9. The summed E-state index contributed by atoms with van der Waals surface area (Å²) in [5.74, 6) is -2.29. The van der Waals surface area contributed by atoms with E-state index in [9.17, 15) is 9.18 Å². The van der Waals surface area contributed by atoms with Gasteiger partial charge in [-0.15, -0.1) is 0 Å². The lowest BCUT2D eigenvalue weighted by molar-refractivity contribution is -0.153. The fraction of sp³-hybridized carbons (Fsp3) is 0.533. The van der Waals surface area contributed by atoms with Crippen LogP contribution in [0, 0.1) is 5.92 Å². The number of carboxylic acids is 1. The van der Waals surface area contributed by atoms with Gasteiger partial charge >= 0.3 is 5.97 Å². The van der Waals surface area contributed by atoms with Gasteiger partial charge in [-0.1, -0.05) is 49.6 Å². The van der Waals surface area contributed by atoms with Gasteiger partial charge in [-0.05, 0) is 18.4 Å². The molecule has 0 radical (unpaired) electrons. The average Bonchev–Trinajstić information content (AvgIpc) is 2.47. The van der Waals surface area contributed by atoms with Crippen molar-refractivity contribution >= 4 is 5.97 Å². The first-order valence-corrected chi connectivity index (χ1v) is 6.68. The Balaban J connectivity index is 2.40. The standard InChI is InChI=1S/C15H18F2O2/c16-13(14(18)19)15(17,11-7-3-1-4-8-11)12-9-5-2-6-10-12/h1,3-4,7-8,12-13H,2,5-6,9-10H2,(H,18,19). The van der Waals surface area contributed by atoms with Gasteiger partial charge in [0.1, 0.15) is 0 Å². The van der Waals surface area contributed by atoms with Gasteiger partial charge in [-0.25, -0.2) is 13.6 Å². The highest BCUT2D eigenvalue weighted by Crippen LogP contribution is 2.46. The summed E-state index contributed by atoms with van der Waals surface area (Å²) in [5, 5.41) is 8.89. The Morgan fingerprint density at radius 1 is 1.21 bits per heavy atom. The van der Waals surface area contributed by atoms with Gasteiger partial charge in [-0.3, -0.25) is 0 Å². The Bertz CT molecular complexity index is 429. The lowest BCUT2D eigenvalue weighted by atomic mass is 9.72. The first-order chi connectivity index (χ1) is 9.06. The number of carboxylic acid groups (broad SMARTS) is 1. The molecule has 0 amide bonds. The highest BCUT2D eigenvalue weighted by atomic mass is 19.2. The van der Waals surface area contributed by atoms with Gasteiger partial charge in [0.25, 0.3) is 0 Å². The molecule has 19 heavy (non-hydrogen) atoms. The predicted octanol–water partition coefficient (Wildman–Crippen LogP) is 3.85. The molecule has 0 aromatic heterocycles. The summed E-state index contributed by atoms with van der Waals surface area (Å²) in [7, 11) is 0. The number of hydrogen-bond acceptors (Lipinski definition) is 1. The first kappa shape index (κ1) is 14.0. The van der Waals surface area contributed by atoms with Crippen LogP contribution in [0.2, 0.25) is 0 Å². The summed E-state index contributed by atoms with van der Waals surface area (Å²) in [5.41, 5.74) is -2.29. The molecular weight excluding hydrogens is 250 g/mol. The van der Waals surface area contributed by atoms with E-state index < -0.39 is 23.7 Å². The van der Waals surface area contributed by atoms with E-state index in [2.05, 4.69) is 0 Å². The Morgan fingerprint density at radius 3 is 2.32 bits per heavy atom. The zero-order valence-electron chi connectivity index (χ0n) is 10.7. The van der Waals surface area contributed by atoms with E-state index in [0.717, 1.165) is 19.3 Å². The molecule has 0 saturated heterocycles. The van der Waals surface area contributed by atoms with Crippen LogP contribution >= 0.6 is 0 Å². The van der Waals surface area contributed by atoms with E-state index in [1.165, 1.54) is 12.1 Å². The molecule has 2 atom stereocenters. The Morgan fingerprint density at radius 2 is 1.79 bits per heavy atom. The van der Waals surface area contributed by atoms with Crippen molar-refractivity contribution < 1.29 is 18.7 Å². The minimum atomic E-state index is -2.52. The van der Waals surface area contributed by atoms with Crippen LogP contribution in [0.3, 0.4) is 0 Å².